The maximum Gasteiger partial charge on any atom is 0.133 e. The quantitative estimate of drug-likeness (QED) is 0.920. The molecule has 0 radical (unpaired) electrons. The maximum absolute atomic E-state index is 5.97. The van der Waals surface area contributed by atoms with Gasteiger partial charge in [-0.25, -0.2) is 0 Å². The van der Waals surface area contributed by atoms with E-state index < -0.39 is 0 Å². The number of hydrogen-bond acceptors (Lipinski definition) is 4. The molecule has 1 aromatic rings. The lowest BCUT2D eigenvalue weighted by atomic mass is 10.0. The van der Waals surface area contributed by atoms with Gasteiger partial charge in [0.25, 0.3) is 0 Å². The van der Waals surface area contributed by atoms with Crippen LogP contribution in [-0.4, -0.2) is 44.4 Å². The first-order valence-corrected chi connectivity index (χ1v) is 7.34. The van der Waals surface area contributed by atoms with Gasteiger partial charge in [-0.3, -0.25) is 4.90 Å². The van der Waals surface area contributed by atoms with Crippen molar-refractivity contribution < 1.29 is 9.47 Å². The first-order valence-electron chi connectivity index (χ1n) is 6.55. The Morgan fingerprint density at radius 2 is 2.37 bits per heavy atom. The summed E-state index contributed by atoms with van der Waals surface area (Å²) in [5.74, 6) is 0.842. The smallest absolute Gasteiger partial charge is 0.133 e. The molecule has 1 aromatic carbocycles. The molecule has 4 nitrogen and oxygen atoms in total. The predicted molar refractivity (Wildman–Crippen MR) is 79.5 cm³/mol. The lowest BCUT2D eigenvalue weighted by Crippen LogP contribution is -2.45. The fourth-order valence-corrected chi connectivity index (χ4v) is 3.07. The molecule has 1 fully saturated rings. The van der Waals surface area contributed by atoms with Gasteiger partial charge in [-0.1, -0.05) is 6.07 Å². The minimum atomic E-state index is 0.230. The molecule has 1 aliphatic heterocycles. The number of halogens is 1. The number of methoxy groups -OCH3 is 1. The van der Waals surface area contributed by atoms with Crippen molar-refractivity contribution in [2.45, 2.75) is 19.1 Å². The average Bonchev–Trinajstić information content (AvgIpc) is 2.40. The van der Waals surface area contributed by atoms with Crippen molar-refractivity contribution in [3.63, 3.8) is 0 Å². The van der Waals surface area contributed by atoms with Crippen LogP contribution < -0.4 is 10.5 Å². The molecule has 2 unspecified atom stereocenters. The van der Waals surface area contributed by atoms with Crippen LogP contribution in [0.1, 0.15) is 18.5 Å². The van der Waals surface area contributed by atoms with E-state index in [2.05, 4.69) is 39.9 Å². The molecular weight excluding hydrogens is 308 g/mol. The summed E-state index contributed by atoms with van der Waals surface area (Å²) in [5, 5.41) is 0. The maximum atomic E-state index is 5.97. The SMILES string of the molecule is COc1ccc(C(CN)N2CCOC(C)C2)cc1Br. The molecular formula is C14H21BrN2O2. The van der Waals surface area contributed by atoms with Crippen LogP contribution in [-0.2, 0) is 4.74 Å². The molecule has 0 saturated carbocycles. The van der Waals surface area contributed by atoms with Crippen LogP contribution in [0, 0.1) is 0 Å². The number of rotatable bonds is 4. The van der Waals surface area contributed by atoms with E-state index in [1.165, 1.54) is 5.56 Å². The third-order valence-electron chi connectivity index (χ3n) is 3.50. The number of hydrogen-bond donors (Lipinski definition) is 1. The highest BCUT2D eigenvalue weighted by Crippen LogP contribution is 2.30. The summed E-state index contributed by atoms with van der Waals surface area (Å²) in [6.07, 6.45) is 0.268. The number of ether oxygens (including phenoxy) is 2. The summed E-state index contributed by atoms with van der Waals surface area (Å²) in [6, 6.07) is 6.39. The van der Waals surface area contributed by atoms with Gasteiger partial charge in [0.05, 0.1) is 24.3 Å². The Morgan fingerprint density at radius 1 is 1.58 bits per heavy atom. The van der Waals surface area contributed by atoms with Crippen LogP contribution in [0.3, 0.4) is 0 Å². The lowest BCUT2D eigenvalue weighted by molar-refractivity contribution is -0.0333. The first kappa shape index (κ1) is 14.8. The van der Waals surface area contributed by atoms with E-state index in [1.54, 1.807) is 7.11 Å². The fourth-order valence-electron chi connectivity index (χ4n) is 2.51. The number of benzene rings is 1. The minimum absolute atomic E-state index is 0.230. The molecule has 2 rings (SSSR count). The van der Waals surface area contributed by atoms with E-state index in [1.807, 2.05) is 6.07 Å². The number of nitrogens with zero attached hydrogens (tertiary/aromatic N) is 1. The van der Waals surface area contributed by atoms with Gasteiger partial charge >= 0.3 is 0 Å². The number of morpholine rings is 1. The molecule has 106 valence electrons. The molecule has 5 heteroatoms. The molecule has 1 aliphatic rings. The summed E-state index contributed by atoms with van der Waals surface area (Å²) in [6.45, 7) is 5.32. The standard InChI is InChI=1S/C14H21BrN2O2/c1-10-9-17(5-6-19-10)13(8-16)11-3-4-14(18-2)12(15)7-11/h3-4,7,10,13H,5-6,8-9,16H2,1-2H3. The Bertz CT molecular complexity index is 428. The molecule has 0 aromatic heterocycles. The highest BCUT2D eigenvalue weighted by Gasteiger charge is 2.25. The predicted octanol–water partition coefficient (Wildman–Crippen LogP) is 2.18. The zero-order chi connectivity index (χ0) is 13.8. The monoisotopic (exact) mass is 328 g/mol. The average molecular weight is 329 g/mol. The zero-order valence-corrected chi connectivity index (χ0v) is 13.0. The van der Waals surface area contributed by atoms with Gasteiger partial charge in [0.15, 0.2) is 0 Å². The van der Waals surface area contributed by atoms with Gasteiger partial charge in [0.2, 0.25) is 0 Å². The molecule has 0 amide bonds. The Hall–Kier alpha value is -0.620. The Kier molecular flexibility index (Phi) is 5.21. The van der Waals surface area contributed by atoms with Crippen molar-refractivity contribution in [1.29, 1.82) is 0 Å². The molecule has 2 atom stereocenters. The van der Waals surface area contributed by atoms with Gasteiger partial charge in [0, 0.05) is 25.7 Å². The normalized spacial score (nSPS) is 22.2. The molecule has 19 heavy (non-hydrogen) atoms. The Labute approximate surface area is 123 Å². The highest BCUT2D eigenvalue weighted by molar-refractivity contribution is 9.10. The lowest BCUT2D eigenvalue weighted by Gasteiger charge is -2.37. The van der Waals surface area contributed by atoms with Crippen LogP contribution in [0.4, 0.5) is 0 Å². The molecule has 2 N–H and O–H groups in total. The second-order valence-corrected chi connectivity index (χ2v) is 5.68. The minimum Gasteiger partial charge on any atom is -0.496 e. The van der Waals surface area contributed by atoms with Crippen molar-refractivity contribution in [2.75, 3.05) is 33.4 Å². The van der Waals surface area contributed by atoms with Crippen molar-refractivity contribution >= 4 is 15.9 Å². The van der Waals surface area contributed by atoms with Crippen LogP contribution in [0.2, 0.25) is 0 Å². The van der Waals surface area contributed by atoms with E-state index in [9.17, 15) is 0 Å². The third-order valence-corrected chi connectivity index (χ3v) is 4.12. The molecule has 1 saturated heterocycles. The fraction of sp³-hybridized carbons (Fsp3) is 0.571. The van der Waals surface area contributed by atoms with Gasteiger partial charge in [-0.15, -0.1) is 0 Å². The highest BCUT2D eigenvalue weighted by atomic mass is 79.9. The first-order chi connectivity index (χ1) is 9.15. The summed E-state index contributed by atoms with van der Waals surface area (Å²) in [4.78, 5) is 2.39. The van der Waals surface area contributed by atoms with E-state index in [-0.39, 0.29) is 12.1 Å². The van der Waals surface area contributed by atoms with Crippen molar-refractivity contribution in [3.05, 3.63) is 28.2 Å². The molecule has 1 heterocycles. The molecule has 0 spiro atoms. The van der Waals surface area contributed by atoms with Crippen molar-refractivity contribution in [1.82, 2.24) is 4.90 Å². The second-order valence-electron chi connectivity index (χ2n) is 4.82. The van der Waals surface area contributed by atoms with Gasteiger partial charge in [-0.05, 0) is 40.5 Å². The molecule has 0 aliphatic carbocycles. The van der Waals surface area contributed by atoms with Gasteiger partial charge < -0.3 is 15.2 Å². The van der Waals surface area contributed by atoms with E-state index >= 15 is 0 Å². The van der Waals surface area contributed by atoms with Crippen LogP contribution in [0.15, 0.2) is 22.7 Å². The third kappa shape index (κ3) is 3.48. The summed E-state index contributed by atoms with van der Waals surface area (Å²) >= 11 is 3.53. The van der Waals surface area contributed by atoms with E-state index in [4.69, 9.17) is 15.2 Å². The van der Waals surface area contributed by atoms with E-state index in [0.717, 1.165) is 29.9 Å². The van der Waals surface area contributed by atoms with E-state index in [0.29, 0.717) is 6.54 Å². The van der Waals surface area contributed by atoms with Crippen molar-refractivity contribution in [2.24, 2.45) is 5.73 Å². The summed E-state index contributed by atoms with van der Waals surface area (Å²) in [5.41, 5.74) is 7.18. The van der Waals surface area contributed by atoms with Crippen molar-refractivity contribution in [3.8, 4) is 5.75 Å². The van der Waals surface area contributed by atoms with Gasteiger partial charge in [-0.2, -0.15) is 0 Å². The Balaban J connectivity index is 2.19. The summed E-state index contributed by atoms with van der Waals surface area (Å²) in [7, 11) is 1.67. The van der Waals surface area contributed by atoms with Crippen LogP contribution >= 0.6 is 15.9 Å². The van der Waals surface area contributed by atoms with Crippen LogP contribution in [0.5, 0.6) is 5.75 Å². The molecule has 0 bridgehead atoms. The summed E-state index contributed by atoms with van der Waals surface area (Å²) < 4.78 is 11.8. The Morgan fingerprint density at radius 3 is 2.95 bits per heavy atom. The van der Waals surface area contributed by atoms with Gasteiger partial charge in [0.1, 0.15) is 5.75 Å². The second kappa shape index (κ2) is 6.70. The largest absolute Gasteiger partial charge is 0.496 e. The zero-order valence-electron chi connectivity index (χ0n) is 11.4. The van der Waals surface area contributed by atoms with Crippen LogP contribution in [0.25, 0.3) is 0 Å². The topological polar surface area (TPSA) is 47.7 Å². The number of nitrogens with two attached hydrogens (primary N) is 1.